The van der Waals surface area contributed by atoms with E-state index in [9.17, 15) is 9.90 Å². The van der Waals surface area contributed by atoms with E-state index in [1.165, 1.54) is 11.8 Å². The Balaban J connectivity index is 2.12. The van der Waals surface area contributed by atoms with E-state index in [-0.39, 0.29) is 17.2 Å². The summed E-state index contributed by atoms with van der Waals surface area (Å²) in [6.45, 7) is 8.39. The lowest BCUT2D eigenvalue weighted by atomic mass is 10.0. The minimum absolute atomic E-state index is 0.0601. The number of benzene rings is 2. The summed E-state index contributed by atoms with van der Waals surface area (Å²) in [5.74, 6) is -0.363. The van der Waals surface area contributed by atoms with Gasteiger partial charge in [0.05, 0.1) is 17.0 Å². The van der Waals surface area contributed by atoms with Crippen LogP contribution < -0.4 is 5.32 Å². The Bertz CT molecular complexity index is 1090. The van der Waals surface area contributed by atoms with E-state index in [1.807, 2.05) is 43.3 Å². The normalized spacial score (nSPS) is 13.6. The zero-order valence-corrected chi connectivity index (χ0v) is 19.2. The summed E-state index contributed by atoms with van der Waals surface area (Å²) in [5.41, 5.74) is 3.54. The van der Waals surface area contributed by atoms with Gasteiger partial charge in [0, 0.05) is 26.9 Å². The first-order chi connectivity index (χ1) is 14.9. The van der Waals surface area contributed by atoms with Crippen LogP contribution in [0.5, 0.6) is 5.75 Å². The van der Waals surface area contributed by atoms with Crippen molar-refractivity contribution in [1.82, 2.24) is 5.32 Å². The van der Waals surface area contributed by atoms with E-state index < -0.39 is 0 Å². The molecular weight excluding hydrogens is 428 g/mol. The first-order valence-electron chi connectivity index (χ1n) is 10.1. The lowest BCUT2D eigenvalue weighted by Crippen LogP contribution is -2.24. The van der Waals surface area contributed by atoms with Crippen LogP contribution in [0.25, 0.3) is 0 Å². The van der Waals surface area contributed by atoms with E-state index in [0.717, 1.165) is 39.5 Å². The van der Waals surface area contributed by atoms with Crippen molar-refractivity contribution in [3.8, 4) is 5.75 Å². The number of nitrogens with one attached hydrogen (secondary N) is 1. The Morgan fingerprint density at radius 1 is 1.29 bits per heavy atom. The molecule has 0 spiro atoms. The summed E-state index contributed by atoms with van der Waals surface area (Å²) in [6.07, 6.45) is 7.41. The van der Waals surface area contributed by atoms with Gasteiger partial charge in [0.25, 0.3) is 5.91 Å². The van der Waals surface area contributed by atoms with Gasteiger partial charge in [-0.2, -0.15) is 0 Å². The van der Waals surface area contributed by atoms with Gasteiger partial charge in [0.1, 0.15) is 5.75 Å². The number of allylic oxidation sites excluding steroid dienone is 4. The van der Waals surface area contributed by atoms with Crippen molar-refractivity contribution in [1.29, 1.82) is 0 Å². The second-order valence-electron chi connectivity index (χ2n) is 7.10. The molecule has 1 aliphatic heterocycles. The highest BCUT2D eigenvalue weighted by molar-refractivity contribution is 8.03. The van der Waals surface area contributed by atoms with Crippen LogP contribution in [0.3, 0.4) is 0 Å². The highest BCUT2D eigenvalue weighted by Gasteiger charge is 2.21. The largest absolute Gasteiger partial charge is 0.507 e. The van der Waals surface area contributed by atoms with Gasteiger partial charge in [-0.3, -0.25) is 4.79 Å². The number of amides is 1. The molecule has 0 saturated carbocycles. The van der Waals surface area contributed by atoms with Crippen LogP contribution in [-0.4, -0.2) is 23.3 Å². The number of rotatable bonds is 7. The third-order valence-corrected chi connectivity index (χ3v) is 6.28. The number of unbranched alkanes of at least 4 members (excludes halogenated alkanes) is 1. The minimum atomic E-state index is -0.303. The number of hydrogen-bond donors (Lipinski definition) is 2. The number of hydrogen-bond acceptors (Lipinski definition) is 4. The number of aromatic hydroxyl groups is 1. The number of carbonyl (C=O) groups excluding carboxylic acids is 1. The van der Waals surface area contributed by atoms with Gasteiger partial charge in [-0.25, -0.2) is 4.99 Å². The van der Waals surface area contributed by atoms with E-state index >= 15 is 0 Å². The summed E-state index contributed by atoms with van der Waals surface area (Å²) >= 11 is 7.57. The highest BCUT2D eigenvalue weighted by Crippen LogP contribution is 2.43. The molecule has 160 valence electrons. The molecule has 0 saturated heterocycles. The number of phenolic OH excluding ortho intramolecular Hbond substituents is 1. The maximum atomic E-state index is 12.6. The molecule has 0 radical (unpaired) electrons. The SMILES string of the molecule is C=C/C=C\C1=C(C)C(c2ccc(Cl)cc2)=Nc2cc(C(=O)NCCCC)c(O)cc2S1. The topological polar surface area (TPSA) is 61.7 Å². The standard InChI is InChI=1S/C25H25ClN2O2S/c1-4-6-8-22-16(3)24(17-9-11-18(26)12-10-17)28-20-14-19(21(29)15-23(20)31-22)25(30)27-13-7-5-2/h4,6,8-12,14-15,29H,1,5,7,13H2,2-3H3,(H,27,30)/b8-6-. The Hall–Kier alpha value is -2.76. The van der Waals surface area contributed by atoms with Gasteiger partial charge in [-0.15, -0.1) is 0 Å². The summed E-state index contributed by atoms with van der Waals surface area (Å²) in [4.78, 5) is 19.3. The van der Waals surface area contributed by atoms with Gasteiger partial charge >= 0.3 is 0 Å². The molecule has 1 heterocycles. The number of halogens is 1. The zero-order valence-electron chi connectivity index (χ0n) is 17.6. The lowest BCUT2D eigenvalue weighted by molar-refractivity contribution is 0.0950. The molecule has 0 fully saturated rings. The molecule has 0 aromatic heterocycles. The predicted molar refractivity (Wildman–Crippen MR) is 131 cm³/mol. The monoisotopic (exact) mass is 452 g/mol. The molecule has 0 unspecified atom stereocenters. The fourth-order valence-electron chi connectivity index (χ4n) is 3.10. The van der Waals surface area contributed by atoms with Crippen molar-refractivity contribution in [2.24, 2.45) is 4.99 Å². The Morgan fingerprint density at radius 2 is 2.03 bits per heavy atom. The van der Waals surface area contributed by atoms with Crippen molar-refractivity contribution >= 4 is 40.7 Å². The van der Waals surface area contributed by atoms with Gasteiger partial charge in [0.2, 0.25) is 0 Å². The Morgan fingerprint density at radius 3 is 2.71 bits per heavy atom. The van der Waals surface area contributed by atoms with E-state index in [0.29, 0.717) is 17.3 Å². The molecule has 1 amide bonds. The number of fused-ring (bicyclic) bond motifs is 1. The van der Waals surface area contributed by atoms with Crippen molar-refractivity contribution in [2.45, 2.75) is 31.6 Å². The van der Waals surface area contributed by atoms with Gasteiger partial charge < -0.3 is 10.4 Å². The fraction of sp³-hybridized carbons (Fsp3) is 0.200. The van der Waals surface area contributed by atoms with Crippen LogP contribution in [0.2, 0.25) is 5.02 Å². The molecule has 0 aliphatic carbocycles. The van der Waals surface area contributed by atoms with E-state index in [2.05, 4.69) is 18.8 Å². The molecule has 4 nitrogen and oxygen atoms in total. The predicted octanol–water partition coefficient (Wildman–Crippen LogP) is 6.82. The molecular formula is C25H25ClN2O2S. The van der Waals surface area contributed by atoms with E-state index in [1.54, 1.807) is 18.2 Å². The quantitative estimate of drug-likeness (QED) is 0.358. The smallest absolute Gasteiger partial charge is 0.255 e. The first kappa shape index (κ1) is 22.9. The third kappa shape index (κ3) is 5.49. The summed E-state index contributed by atoms with van der Waals surface area (Å²) < 4.78 is 0. The van der Waals surface area contributed by atoms with Crippen molar-refractivity contribution in [3.05, 3.63) is 87.8 Å². The summed E-state index contributed by atoms with van der Waals surface area (Å²) in [6, 6.07) is 10.8. The second kappa shape index (κ2) is 10.5. The maximum Gasteiger partial charge on any atom is 0.255 e. The number of thioether (sulfide) groups is 1. The molecule has 1 aliphatic rings. The Labute approximate surface area is 192 Å². The van der Waals surface area contributed by atoms with Gasteiger partial charge in [0.15, 0.2) is 0 Å². The first-order valence-corrected chi connectivity index (χ1v) is 11.3. The molecule has 0 atom stereocenters. The number of nitrogens with zero attached hydrogens (tertiary/aromatic N) is 1. The maximum absolute atomic E-state index is 12.6. The zero-order chi connectivity index (χ0) is 22.4. The van der Waals surface area contributed by atoms with Crippen molar-refractivity contribution in [2.75, 3.05) is 6.54 Å². The van der Waals surface area contributed by atoms with Gasteiger partial charge in [-0.1, -0.05) is 67.6 Å². The average Bonchev–Trinajstić information content (AvgIpc) is 2.88. The van der Waals surface area contributed by atoms with Crippen LogP contribution in [0.4, 0.5) is 5.69 Å². The van der Waals surface area contributed by atoms with Crippen LogP contribution in [0.1, 0.15) is 42.6 Å². The molecule has 2 N–H and O–H groups in total. The fourth-order valence-corrected chi connectivity index (χ4v) is 4.24. The lowest BCUT2D eigenvalue weighted by Gasteiger charge is -2.10. The Kier molecular flexibility index (Phi) is 7.77. The molecule has 3 rings (SSSR count). The summed E-state index contributed by atoms with van der Waals surface area (Å²) in [7, 11) is 0. The van der Waals surface area contributed by atoms with Crippen molar-refractivity contribution < 1.29 is 9.90 Å². The molecule has 2 aromatic rings. The third-order valence-electron chi connectivity index (χ3n) is 4.82. The molecule has 6 heteroatoms. The van der Waals surface area contributed by atoms with E-state index in [4.69, 9.17) is 16.6 Å². The number of phenols is 1. The van der Waals surface area contributed by atoms with Gasteiger partial charge in [-0.05, 0) is 49.3 Å². The summed E-state index contributed by atoms with van der Waals surface area (Å²) in [5, 5.41) is 14.0. The molecule has 31 heavy (non-hydrogen) atoms. The molecule has 0 bridgehead atoms. The van der Waals surface area contributed by atoms with Crippen LogP contribution in [-0.2, 0) is 0 Å². The second-order valence-corrected chi connectivity index (χ2v) is 8.62. The molecule has 2 aromatic carbocycles. The van der Waals surface area contributed by atoms with Crippen LogP contribution >= 0.6 is 23.4 Å². The van der Waals surface area contributed by atoms with Crippen LogP contribution in [0.15, 0.2) is 81.6 Å². The highest BCUT2D eigenvalue weighted by atomic mass is 35.5. The number of carbonyl (C=O) groups is 1. The number of aliphatic imine (C=N–C) groups is 1. The average molecular weight is 453 g/mol. The minimum Gasteiger partial charge on any atom is -0.507 e. The van der Waals surface area contributed by atoms with Crippen molar-refractivity contribution in [3.63, 3.8) is 0 Å². The van der Waals surface area contributed by atoms with Crippen LogP contribution in [0, 0.1) is 0 Å².